The summed E-state index contributed by atoms with van der Waals surface area (Å²) in [6, 6.07) is 14.4. The van der Waals surface area contributed by atoms with E-state index in [0.717, 1.165) is 6.07 Å². The third-order valence-electron chi connectivity index (χ3n) is 5.67. The Labute approximate surface area is 201 Å². The summed E-state index contributed by atoms with van der Waals surface area (Å²) in [7, 11) is -3.31. The van der Waals surface area contributed by atoms with E-state index in [2.05, 4.69) is 5.32 Å². The van der Waals surface area contributed by atoms with E-state index in [4.69, 9.17) is 16.3 Å². The Hall–Kier alpha value is -2.97. The second-order valence-corrected chi connectivity index (χ2v) is 10.9. The average molecular weight is 506 g/mol. The van der Waals surface area contributed by atoms with E-state index in [1.165, 1.54) is 30.3 Å². The lowest BCUT2D eigenvalue weighted by Gasteiger charge is -2.20. The molecule has 9 heteroatoms. The first-order valence-corrected chi connectivity index (χ1v) is 12.7. The van der Waals surface area contributed by atoms with Gasteiger partial charge in [0.2, 0.25) is 5.91 Å². The Morgan fingerprint density at radius 3 is 2.32 bits per heavy atom. The standard InChI is InChI=1S/C25H22ClF2NO4S/c1-2-34(31,32)19-7-3-16(4-8-19)13-24(30)29-18-6-10-23(22(28)15-18)33-25(11-12-25)20-9-5-17(26)14-21(20)27/h3-10,14-15H,2,11-13H2,1H3,(H,29,30). The van der Waals surface area contributed by atoms with Crippen molar-refractivity contribution in [3.8, 4) is 5.75 Å². The van der Waals surface area contributed by atoms with E-state index >= 15 is 0 Å². The lowest BCUT2D eigenvalue weighted by atomic mass is 10.1. The molecule has 0 saturated heterocycles. The molecule has 0 radical (unpaired) electrons. The Morgan fingerprint density at radius 1 is 1.03 bits per heavy atom. The third kappa shape index (κ3) is 5.23. The third-order valence-corrected chi connectivity index (χ3v) is 7.66. The van der Waals surface area contributed by atoms with Gasteiger partial charge in [-0.05, 0) is 54.8 Å². The van der Waals surface area contributed by atoms with Crippen LogP contribution in [-0.2, 0) is 26.7 Å². The number of carbonyl (C=O) groups is 1. The van der Waals surface area contributed by atoms with Gasteiger partial charge in [-0.25, -0.2) is 17.2 Å². The molecule has 34 heavy (non-hydrogen) atoms. The highest BCUT2D eigenvalue weighted by atomic mass is 35.5. The molecule has 1 N–H and O–H groups in total. The van der Waals surface area contributed by atoms with Gasteiger partial charge in [0, 0.05) is 22.3 Å². The molecule has 1 amide bonds. The predicted molar refractivity (Wildman–Crippen MR) is 126 cm³/mol. The van der Waals surface area contributed by atoms with Gasteiger partial charge in [-0.3, -0.25) is 4.79 Å². The Balaban J connectivity index is 1.41. The Kier molecular flexibility index (Phi) is 6.64. The molecule has 1 aliphatic carbocycles. The monoisotopic (exact) mass is 505 g/mol. The summed E-state index contributed by atoms with van der Waals surface area (Å²) in [5.74, 6) is -1.63. The van der Waals surface area contributed by atoms with E-state index in [9.17, 15) is 22.0 Å². The fourth-order valence-electron chi connectivity index (χ4n) is 3.64. The summed E-state index contributed by atoms with van der Waals surface area (Å²) < 4.78 is 58.7. The highest BCUT2D eigenvalue weighted by Gasteiger charge is 2.49. The fraction of sp³-hybridized carbons (Fsp3) is 0.240. The van der Waals surface area contributed by atoms with E-state index in [0.29, 0.717) is 24.0 Å². The van der Waals surface area contributed by atoms with Gasteiger partial charge >= 0.3 is 0 Å². The van der Waals surface area contributed by atoms with Gasteiger partial charge in [0.25, 0.3) is 0 Å². The van der Waals surface area contributed by atoms with Crippen molar-refractivity contribution in [2.45, 2.75) is 36.7 Å². The molecular formula is C25H22ClF2NO4S. The molecule has 0 spiro atoms. The van der Waals surface area contributed by atoms with E-state index in [1.54, 1.807) is 31.2 Å². The molecule has 5 nitrogen and oxygen atoms in total. The van der Waals surface area contributed by atoms with Crippen molar-refractivity contribution in [3.05, 3.63) is 88.4 Å². The molecule has 3 aromatic carbocycles. The Bertz CT molecular complexity index is 1340. The summed E-state index contributed by atoms with van der Waals surface area (Å²) in [5, 5.41) is 2.88. The van der Waals surface area contributed by atoms with Crippen LogP contribution in [0, 0.1) is 11.6 Å². The zero-order valence-electron chi connectivity index (χ0n) is 18.3. The van der Waals surface area contributed by atoms with Crippen molar-refractivity contribution in [3.63, 3.8) is 0 Å². The minimum atomic E-state index is -3.31. The molecule has 3 aromatic rings. The van der Waals surface area contributed by atoms with Crippen LogP contribution in [-0.4, -0.2) is 20.1 Å². The van der Waals surface area contributed by atoms with Crippen LogP contribution in [0.15, 0.2) is 65.6 Å². The van der Waals surface area contributed by atoms with E-state index in [-0.39, 0.29) is 39.4 Å². The van der Waals surface area contributed by atoms with Crippen LogP contribution in [0.4, 0.5) is 14.5 Å². The van der Waals surface area contributed by atoms with Gasteiger partial charge in [-0.15, -0.1) is 0 Å². The smallest absolute Gasteiger partial charge is 0.228 e. The number of benzene rings is 3. The topological polar surface area (TPSA) is 72.5 Å². The highest BCUT2D eigenvalue weighted by Crippen LogP contribution is 2.50. The van der Waals surface area contributed by atoms with Crippen molar-refractivity contribution in [1.82, 2.24) is 0 Å². The molecule has 1 saturated carbocycles. The molecule has 1 aliphatic rings. The predicted octanol–water partition coefficient (Wildman–Crippen LogP) is 5.66. The van der Waals surface area contributed by atoms with E-state index < -0.39 is 27.1 Å². The number of amides is 1. The second kappa shape index (κ2) is 9.35. The van der Waals surface area contributed by atoms with Gasteiger partial charge in [0.15, 0.2) is 21.4 Å². The SMILES string of the molecule is CCS(=O)(=O)c1ccc(CC(=O)Nc2ccc(OC3(c4ccc(Cl)cc4F)CC3)c(F)c2)cc1. The number of rotatable bonds is 8. The number of anilines is 1. The Morgan fingerprint density at radius 2 is 1.74 bits per heavy atom. The maximum Gasteiger partial charge on any atom is 0.228 e. The number of halogens is 3. The fourth-order valence-corrected chi connectivity index (χ4v) is 4.69. The maximum absolute atomic E-state index is 14.7. The summed E-state index contributed by atoms with van der Waals surface area (Å²) in [5.41, 5.74) is 0.250. The maximum atomic E-state index is 14.7. The summed E-state index contributed by atoms with van der Waals surface area (Å²) in [4.78, 5) is 12.6. The van der Waals surface area contributed by atoms with Crippen LogP contribution in [0.3, 0.4) is 0 Å². The van der Waals surface area contributed by atoms with Crippen molar-refractivity contribution < 1.29 is 26.7 Å². The lowest BCUT2D eigenvalue weighted by Crippen LogP contribution is -2.18. The largest absolute Gasteiger partial charge is 0.479 e. The number of ether oxygens (including phenoxy) is 1. The number of sulfone groups is 1. The molecule has 0 unspecified atom stereocenters. The van der Waals surface area contributed by atoms with Gasteiger partial charge < -0.3 is 10.1 Å². The van der Waals surface area contributed by atoms with Crippen LogP contribution in [0.2, 0.25) is 5.02 Å². The quantitative estimate of drug-likeness (QED) is 0.428. The first-order valence-electron chi connectivity index (χ1n) is 10.7. The number of nitrogens with one attached hydrogen (secondary N) is 1. The minimum Gasteiger partial charge on any atom is -0.479 e. The zero-order valence-corrected chi connectivity index (χ0v) is 19.8. The highest BCUT2D eigenvalue weighted by molar-refractivity contribution is 7.91. The molecular weight excluding hydrogens is 484 g/mol. The van der Waals surface area contributed by atoms with E-state index in [1.807, 2.05) is 0 Å². The normalized spacial score (nSPS) is 14.5. The van der Waals surface area contributed by atoms with Crippen molar-refractivity contribution in [2.24, 2.45) is 0 Å². The van der Waals surface area contributed by atoms with Crippen molar-refractivity contribution >= 4 is 33.0 Å². The second-order valence-electron chi connectivity index (χ2n) is 8.14. The molecule has 0 aromatic heterocycles. The van der Waals surface area contributed by atoms with Crippen LogP contribution in [0.25, 0.3) is 0 Å². The van der Waals surface area contributed by atoms with Gasteiger partial charge in [-0.2, -0.15) is 0 Å². The number of hydrogen-bond acceptors (Lipinski definition) is 4. The molecule has 0 atom stereocenters. The first kappa shape index (κ1) is 24.2. The number of hydrogen-bond donors (Lipinski definition) is 1. The van der Waals surface area contributed by atoms with Crippen LogP contribution in [0.5, 0.6) is 5.75 Å². The van der Waals surface area contributed by atoms with Crippen LogP contribution >= 0.6 is 11.6 Å². The molecule has 0 bridgehead atoms. The minimum absolute atomic E-state index is 0.00609. The summed E-state index contributed by atoms with van der Waals surface area (Å²) in [6.45, 7) is 1.56. The van der Waals surface area contributed by atoms with Gasteiger partial charge in [0.05, 0.1) is 17.1 Å². The molecule has 1 fully saturated rings. The van der Waals surface area contributed by atoms with Crippen LogP contribution < -0.4 is 10.1 Å². The zero-order chi connectivity index (χ0) is 24.5. The molecule has 0 aliphatic heterocycles. The van der Waals surface area contributed by atoms with Crippen molar-refractivity contribution in [2.75, 3.05) is 11.1 Å². The molecule has 0 heterocycles. The van der Waals surface area contributed by atoms with Gasteiger partial charge in [-0.1, -0.05) is 36.7 Å². The average Bonchev–Trinajstić information content (AvgIpc) is 3.56. The van der Waals surface area contributed by atoms with Crippen molar-refractivity contribution in [1.29, 1.82) is 0 Å². The van der Waals surface area contributed by atoms with Crippen LogP contribution in [0.1, 0.15) is 30.9 Å². The summed E-state index contributed by atoms with van der Waals surface area (Å²) in [6.07, 6.45) is 1.08. The summed E-state index contributed by atoms with van der Waals surface area (Å²) >= 11 is 5.81. The number of carbonyl (C=O) groups excluding carboxylic acids is 1. The van der Waals surface area contributed by atoms with Gasteiger partial charge in [0.1, 0.15) is 11.4 Å². The molecule has 178 valence electrons. The lowest BCUT2D eigenvalue weighted by molar-refractivity contribution is -0.115. The first-order chi connectivity index (χ1) is 16.1. The molecule has 4 rings (SSSR count).